The second kappa shape index (κ2) is 5.15. The Morgan fingerprint density at radius 2 is 2.00 bits per heavy atom. The standard InChI is InChI=1S/C16H19NS/c1-12-9-10-14(18-12)11-17-16-8-4-6-13-5-2-3-7-15(13)16/h4,6,8-10,17H,2-3,5,7,11H2,1H3. The number of aryl methyl sites for hydroxylation is 2. The van der Waals surface area contributed by atoms with Gasteiger partial charge in [0.05, 0.1) is 0 Å². The van der Waals surface area contributed by atoms with Crippen molar-refractivity contribution in [3.8, 4) is 0 Å². The van der Waals surface area contributed by atoms with Crippen LogP contribution in [0.3, 0.4) is 0 Å². The zero-order chi connectivity index (χ0) is 12.4. The molecular formula is C16H19NS. The van der Waals surface area contributed by atoms with E-state index in [0.717, 1.165) is 6.54 Å². The third-order valence-electron chi connectivity index (χ3n) is 3.65. The number of rotatable bonds is 3. The Bertz CT molecular complexity index is 542. The van der Waals surface area contributed by atoms with Gasteiger partial charge in [0.2, 0.25) is 0 Å². The van der Waals surface area contributed by atoms with Crippen molar-refractivity contribution in [1.29, 1.82) is 0 Å². The predicted molar refractivity (Wildman–Crippen MR) is 79.5 cm³/mol. The number of hydrogen-bond acceptors (Lipinski definition) is 2. The van der Waals surface area contributed by atoms with E-state index < -0.39 is 0 Å². The maximum atomic E-state index is 3.61. The molecule has 2 aromatic rings. The number of anilines is 1. The van der Waals surface area contributed by atoms with Crippen LogP contribution in [0.15, 0.2) is 30.3 Å². The van der Waals surface area contributed by atoms with E-state index in [4.69, 9.17) is 0 Å². The highest BCUT2D eigenvalue weighted by Crippen LogP contribution is 2.28. The van der Waals surface area contributed by atoms with Gasteiger partial charge in [0.15, 0.2) is 0 Å². The molecule has 0 fully saturated rings. The molecule has 94 valence electrons. The van der Waals surface area contributed by atoms with Gasteiger partial charge in [-0.2, -0.15) is 0 Å². The summed E-state index contributed by atoms with van der Waals surface area (Å²) in [5, 5.41) is 3.61. The summed E-state index contributed by atoms with van der Waals surface area (Å²) in [6.07, 6.45) is 5.18. The fraction of sp³-hybridized carbons (Fsp3) is 0.375. The zero-order valence-corrected chi connectivity index (χ0v) is 11.6. The number of thiophene rings is 1. The zero-order valence-electron chi connectivity index (χ0n) is 10.8. The van der Waals surface area contributed by atoms with Crippen LogP contribution in [0, 0.1) is 6.92 Å². The molecule has 3 rings (SSSR count). The van der Waals surface area contributed by atoms with E-state index in [1.54, 1.807) is 11.1 Å². The van der Waals surface area contributed by atoms with E-state index in [0.29, 0.717) is 0 Å². The van der Waals surface area contributed by atoms with Crippen molar-refractivity contribution < 1.29 is 0 Å². The normalized spacial score (nSPS) is 14.3. The molecule has 18 heavy (non-hydrogen) atoms. The smallest absolute Gasteiger partial charge is 0.0494 e. The Labute approximate surface area is 113 Å². The third kappa shape index (κ3) is 2.44. The molecule has 2 heteroatoms. The average molecular weight is 257 g/mol. The molecule has 1 N–H and O–H groups in total. The Morgan fingerprint density at radius 1 is 1.11 bits per heavy atom. The van der Waals surface area contributed by atoms with E-state index in [1.807, 2.05) is 11.3 Å². The van der Waals surface area contributed by atoms with E-state index in [2.05, 4.69) is 42.6 Å². The van der Waals surface area contributed by atoms with Crippen molar-refractivity contribution >= 4 is 17.0 Å². The maximum Gasteiger partial charge on any atom is 0.0494 e. The first-order chi connectivity index (χ1) is 8.83. The van der Waals surface area contributed by atoms with Gasteiger partial charge < -0.3 is 5.32 Å². The highest BCUT2D eigenvalue weighted by molar-refractivity contribution is 7.11. The van der Waals surface area contributed by atoms with Gasteiger partial charge in [0.25, 0.3) is 0 Å². The first kappa shape index (κ1) is 11.8. The van der Waals surface area contributed by atoms with Crippen LogP contribution in [0.2, 0.25) is 0 Å². The summed E-state index contributed by atoms with van der Waals surface area (Å²) >= 11 is 1.88. The first-order valence-electron chi connectivity index (χ1n) is 6.73. The Morgan fingerprint density at radius 3 is 2.83 bits per heavy atom. The molecule has 0 atom stereocenters. The second-order valence-electron chi connectivity index (χ2n) is 5.02. The van der Waals surface area contributed by atoms with E-state index in [-0.39, 0.29) is 0 Å². The lowest BCUT2D eigenvalue weighted by Crippen LogP contribution is -2.08. The number of benzene rings is 1. The number of hydrogen-bond donors (Lipinski definition) is 1. The quantitative estimate of drug-likeness (QED) is 0.850. The fourth-order valence-electron chi connectivity index (χ4n) is 2.71. The molecule has 0 unspecified atom stereocenters. The SMILES string of the molecule is Cc1ccc(CNc2cccc3c2CCCC3)s1. The highest BCUT2D eigenvalue weighted by Gasteiger charge is 2.12. The van der Waals surface area contributed by atoms with Crippen molar-refractivity contribution in [2.75, 3.05) is 5.32 Å². The molecule has 1 heterocycles. The topological polar surface area (TPSA) is 12.0 Å². The lowest BCUT2D eigenvalue weighted by atomic mass is 9.90. The Kier molecular flexibility index (Phi) is 3.37. The molecule has 0 bridgehead atoms. The molecule has 1 aliphatic carbocycles. The van der Waals surface area contributed by atoms with E-state index in [9.17, 15) is 0 Å². The van der Waals surface area contributed by atoms with Crippen LogP contribution in [-0.4, -0.2) is 0 Å². The van der Waals surface area contributed by atoms with Gasteiger partial charge in [-0.15, -0.1) is 11.3 Å². The van der Waals surface area contributed by atoms with Crippen LogP contribution in [0.4, 0.5) is 5.69 Å². The number of fused-ring (bicyclic) bond motifs is 1. The van der Waals surface area contributed by atoms with Crippen LogP contribution in [0.25, 0.3) is 0 Å². The molecule has 0 spiro atoms. The summed E-state index contributed by atoms with van der Waals surface area (Å²) in [6.45, 7) is 3.12. The van der Waals surface area contributed by atoms with Crippen LogP contribution in [0.1, 0.15) is 33.7 Å². The molecule has 0 aliphatic heterocycles. The van der Waals surface area contributed by atoms with Gasteiger partial charge >= 0.3 is 0 Å². The molecule has 1 aliphatic rings. The summed E-state index contributed by atoms with van der Waals surface area (Å²) in [5.74, 6) is 0. The lowest BCUT2D eigenvalue weighted by Gasteiger charge is -2.19. The summed E-state index contributed by atoms with van der Waals surface area (Å²) < 4.78 is 0. The lowest BCUT2D eigenvalue weighted by molar-refractivity contribution is 0.686. The summed E-state index contributed by atoms with van der Waals surface area (Å²) in [5.41, 5.74) is 4.45. The van der Waals surface area contributed by atoms with Crippen LogP contribution >= 0.6 is 11.3 Å². The average Bonchev–Trinajstić information content (AvgIpc) is 2.82. The summed E-state index contributed by atoms with van der Waals surface area (Å²) in [4.78, 5) is 2.81. The minimum absolute atomic E-state index is 0.953. The molecule has 1 aromatic heterocycles. The molecule has 0 saturated carbocycles. The largest absolute Gasteiger partial charge is 0.380 e. The van der Waals surface area contributed by atoms with Crippen LogP contribution in [-0.2, 0) is 19.4 Å². The Hall–Kier alpha value is -1.28. The highest BCUT2D eigenvalue weighted by atomic mass is 32.1. The first-order valence-corrected chi connectivity index (χ1v) is 7.54. The Balaban J connectivity index is 1.76. The molecule has 1 aromatic carbocycles. The van der Waals surface area contributed by atoms with E-state index in [1.165, 1.54) is 41.1 Å². The van der Waals surface area contributed by atoms with Crippen molar-refractivity contribution in [1.82, 2.24) is 0 Å². The summed E-state index contributed by atoms with van der Waals surface area (Å²) in [6, 6.07) is 11.1. The van der Waals surface area contributed by atoms with Gasteiger partial charge in [0, 0.05) is 22.0 Å². The molecule has 1 nitrogen and oxygen atoms in total. The van der Waals surface area contributed by atoms with Gasteiger partial charge in [-0.05, 0) is 61.9 Å². The van der Waals surface area contributed by atoms with Crippen molar-refractivity contribution in [3.05, 3.63) is 51.2 Å². The van der Waals surface area contributed by atoms with Gasteiger partial charge in [-0.1, -0.05) is 12.1 Å². The van der Waals surface area contributed by atoms with Crippen molar-refractivity contribution in [3.63, 3.8) is 0 Å². The summed E-state index contributed by atoms with van der Waals surface area (Å²) in [7, 11) is 0. The molecular weight excluding hydrogens is 238 g/mol. The maximum absolute atomic E-state index is 3.61. The van der Waals surface area contributed by atoms with Gasteiger partial charge in [-0.25, -0.2) is 0 Å². The van der Waals surface area contributed by atoms with Gasteiger partial charge in [0.1, 0.15) is 0 Å². The monoisotopic (exact) mass is 257 g/mol. The van der Waals surface area contributed by atoms with Crippen LogP contribution < -0.4 is 5.32 Å². The van der Waals surface area contributed by atoms with Crippen LogP contribution in [0.5, 0.6) is 0 Å². The minimum atomic E-state index is 0.953. The van der Waals surface area contributed by atoms with Crippen molar-refractivity contribution in [2.24, 2.45) is 0 Å². The minimum Gasteiger partial charge on any atom is -0.380 e. The predicted octanol–water partition coefficient (Wildman–Crippen LogP) is 4.55. The fourth-order valence-corrected chi connectivity index (χ4v) is 3.54. The third-order valence-corrected chi connectivity index (χ3v) is 4.65. The van der Waals surface area contributed by atoms with E-state index >= 15 is 0 Å². The molecule has 0 saturated heterocycles. The molecule has 0 amide bonds. The molecule has 0 radical (unpaired) electrons. The van der Waals surface area contributed by atoms with Crippen molar-refractivity contribution in [2.45, 2.75) is 39.2 Å². The second-order valence-corrected chi connectivity index (χ2v) is 6.39. The number of nitrogens with one attached hydrogen (secondary N) is 1. The van der Waals surface area contributed by atoms with Gasteiger partial charge in [-0.3, -0.25) is 0 Å².